The third kappa shape index (κ3) is 5.36. The largest absolute Gasteiger partial charge is 0.369 e. The number of imide groups is 2. The molecule has 0 aromatic heterocycles. The summed E-state index contributed by atoms with van der Waals surface area (Å²) in [5.41, 5.74) is 10.8. The lowest BCUT2D eigenvalue weighted by Gasteiger charge is -2.44. The number of nitrogens with two attached hydrogens (primary N) is 2. The number of urea groups is 3. The number of primary amides is 1. The molecular formula is C16H25N9O8S2. The van der Waals surface area contributed by atoms with Crippen LogP contribution in [0.5, 0.6) is 0 Å². The first kappa shape index (κ1) is 26.3. The number of carbonyl (C=O) groups excluding carboxylic acids is 5. The van der Waals surface area contributed by atoms with Gasteiger partial charge in [0.15, 0.2) is 0 Å². The maximum absolute atomic E-state index is 12.7. The predicted molar refractivity (Wildman–Crippen MR) is 119 cm³/mol. The second-order valence-electron chi connectivity index (χ2n) is 7.45. The van der Waals surface area contributed by atoms with E-state index in [0.717, 1.165) is 0 Å². The van der Waals surface area contributed by atoms with Gasteiger partial charge in [0.25, 0.3) is 5.91 Å². The molecule has 0 aromatic rings. The van der Waals surface area contributed by atoms with Gasteiger partial charge in [-0.2, -0.15) is 8.42 Å². The van der Waals surface area contributed by atoms with Crippen molar-refractivity contribution in [1.29, 1.82) is 0 Å². The maximum Gasteiger partial charge on any atom is 0.340 e. The number of amides is 8. The molecule has 2 fully saturated rings. The fourth-order valence-electron chi connectivity index (χ4n) is 3.62. The molecule has 0 spiro atoms. The SMILES string of the molecule is CCN1CCN(C(=O)NS(=O)(=O)NC(=O)N2CC(N3C(CC(N)=O)=C/S(=N/OC)C3N)C2=O)C1=O. The van der Waals surface area contributed by atoms with Gasteiger partial charge in [0, 0.05) is 30.7 Å². The molecule has 0 aliphatic carbocycles. The summed E-state index contributed by atoms with van der Waals surface area (Å²) >= 11 is 0. The summed E-state index contributed by atoms with van der Waals surface area (Å²) in [6.07, 6.45) is -0.239. The molecule has 3 heterocycles. The molecule has 3 rings (SSSR count). The molecule has 6 N–H and O–H groups in total. The molecule has 3 aliphatic rings. The number of nitrogens with one attached hydrogen (secondary N) is 2. The quantitative estimate of drug-likeness (QED) is 0.194. The van der Waals surface area contributed by atoms with E-state index in [0.29, 0.717) is 22.0 Å². The van der Waals surface area contributed by atoms with Crippen LogP contribution in [0, 0.1) is 0 Å². The van der Waals surface area contributed by atoms with Crippen molar-refractivity contribution in [2.75, 3.05) is 33.3 Å². The minimum atomic E-state index is -4.75. The van der Waals surface area contributed by atoms with Crippen molar-refractivity contribution >= 4 is 50.8 Å². The highest BCUT2D eigenvalue weighted by molar-refractivity contribution is 7.90. The highest BCUT2D eigenvalue weighted by Gasteiger charge is 2.49. The number of likely N-dealkylation sites (N-methyl/N-ethyl adjacent to an activating group) is 1. The lowest BCUT2D eigenvalue weighted by molar-refractivity contribution is -0.144. The normalized spacial score (nSPS) is 24.5. The number of hydrogen-bond donors (Lipinski definition) is 4. The summed E-state index contributed by atoms with van der Waals surface area (Å²) < 4.78 is 31.4. The van der Waals surface area contributed by atoms with Crippen LogP contribution in [0.25, 0.3) is 0 Å². The number of carbonyl (C=O) groups is 5. The van der Waals surface area contributed by atoms with E-state index in [4.69, 9.17) is 16.3 Å². The molecule has 35 heavy (non-hydrogen) atoms. The summed E-state index contributed by atoms with van der Waals surface area (Å²) in [5, 5.41) is 1.54. The molecule has 3 aliphatic heterocycles. The Hall–Kier alpha value is -3.29. The Morgan fingerprint density at radius 3 is 2.34 bits per heavy atom. The van der Waals surface area contributed by atoms with Crippen LogP contribution in [0.1, 0.15) is 13.3 Å². The molecular weight excluding hydrogens is 510 g/mol. The van der Waals surface area contributed by atoms with Gasteiger partial charge in [-0.1, -0.05) is 0 Å². The Labute approximate surface area is 202 Å². The zero-order chi connectivity index (χ0) is 26.1. The van der Waals surface area contributed by atoms with Crippen molar-refractivity contribution < 1.29 is 37.2 Å². The van der Waals surface area contributed by atoms with Crippen molar-refractivity contribution in [2.45, 2.75) is 24.9 Å². The summed E-state index contributed by atoms with van der Waals surface area (Å²) in [7, 11) is -4.46. The molecule has 17 nitrogen and oxygen atoms in total. The fraction of sp³-hybridized carbons (Fsp3) is 0.562. The monoisotopic (exact) mass is 535 g/mol. The van der Waals surface area contributed by atoms with Gasteiger partial charge in [0.05, 0.1) is 20.1 Å². The van der Waals surface area contributed by atoms with Gasteiger partial charge in [0.1, 0.15) is 11.5 Å². The van der Waals surface area contributed by atoms with Crippen molar-refractivity contribution in [3.63, 3.8) is 0 Å². The molecule has 8 amide bonds. The molecule has 2 saturated heterocycles. The number of likely N-dealkylation sites (tertiary alicyclic amines) is 1. The lowest BCUT2D eigenvalue weighted by atomic mass is 10.1. The Kier molecular flexibility index (Phi) is 7.62. The molecule has 194 valence electrons. The Morgan fingerprint density at radius 2 is 1.83 bits per heavy atom. The van der Waals surface area contributed by atoms with Crippen LogP contribution in [-0.2, 0) is 35.3 Å². The smallest absolute Gasteiger partial charge is 0.340 e. The van der Waals surface area contributed by atoms with Gasteiger partial charge >= 0.3 is 28.3 Å². The number of nitrogens with zero attached hydrogens (tertiary/aromatic N) is 5. The second kappa shape index (κ2) is 10.1. The van der Waals surface area contributed by atoms with Crippen molar-refractivity contribution in [3.05, 3.63) is 11.1 Å². The maximum atomic E-state index is 12.7. The topological polar surface area (TPSA) is 230 Å². The van der Waals surface area contributed by atoms with E-state index < -0.39 is 62.3 Å². The zero-order valence-corrected chi connectivity index (χ0v) is 20.4. The van der Waals surface area contributed by atoms with Crippen LogP contribution in [-0.4, -0.2) is 103 Å². The van der Waals surface area contributed by atoms with Gasteiger partial charge in [-0.3, -0.25) is 14.5 Å². The van der Waals surface area contributed by atoms with Crippen LogP contribution >= 0.6 is 0 Å². The van der Waals surface area contributed by atoms with Crippen LogP contribution in [0.2, 0.25) is 0 Å². The highest BCUT2D eigenvalue weighted by Crippen LogP contribution is 2.31. The van der Waals surface area contributed by atoms with Crippen LogP contribution in [0.15, 0.2) is 15.6 Å². The fourth-order valence-corrected chi connectivity index (χ4v) is 5.79. The minimum absolute atomic E-state index is 0.0253. The van der Waals surface area contributed by atoms with Gasteiger partial charge < -0.3 is 21.3 Å². The van der Waals surface area contributed by atoms with Crippen molar-refractivity contribution in [1.82, 2.24) is 29.0 Å². The summed E-state index contributed by atoms with van der Waals surface area (Å²) in [6.45, 7) is 1.98. The molecule has 0 radical (unpaired) electrons. The zero-order valence-electron chi connectivity index (χ0n) is 18.7. The van der Waals surface area contributed by atoms with Crippen LogP contribution < -0.4 is 20.9 Å². The van der Waals surface area contributed by atoms with E-state index in [9.17, 15) is 32.4 Å². The lowest BCUT2D eigenvalue weighted by Crippen LogP contribution is -2.69. The predicted octanol–water partition coefficient (Wildman–Crippen LogP) is -2.74. The van der Waals surface area contributed by atoms with E-state index in [1.165, 1.54) is 22.3 Å². The number of hydrogen-bond acceptors (Lipinski definition) is 11. The molecule has 0 saturated carbocycles. The molecule has 3 atom stereocenters. The molecule has 0 aromatic carbocycles. The molecule has 0 bridgehead atoms. The first-order chi connectivity index (χ1) is 16.4. The average Bonchev–Trinajstić information content (AvgIpc) is 3.26. The van der Waals surface area contributed by atoms with E-state index >= 15 is 0 Å². The Bertz CT molecular complexity index is 1120. The van der Waals surface area contributed by atoms with Crippen molar-refractivity contribution in [3.8, 4) is 0 Å². The van der Waals surface area contributed by atoms with Crippen LogP contribution in [0.3, 0.4) is 0 Å². The first-order valence-electron chi connectivity index (χ1n) is 10.2. The highest BCUT2D eigenvalue weighted by atomic mass is 32.2. The average molecular weight is 536 g/mol. The second-order valence-corrected chi connectivity index (χ2v) is 10.4. The first-order valence-corrected chi connectivity index (χ1v) is 12.9. The van der Waals surface area contributed by atoms with Gasteiger partial charge in [-0.25, -0.2) is 33.6 Å². The number of β-lactam (4-membered cyclic amide) rings is 1. The summed E-state index contributed by atoms with van der Waals surface area (Å²) in [5.74, 6) is -1.48. The Morgan fingerprint density at radius 1 is 1.20 bits per heavy atom. The van der Waals surface area contributed by atoms with Crippen LogP contribution in [0.4, 0.5) is 14.4 Å². The summed E-state index contributed by atoms with van der Waals surface area (Å²) in [6, 6.07) is -4.21. The third-order valence-corrected chi connectivity index (χ3v) is 7.72. The van der Waals surface area contributed by atoms with E-state index in [-0.39, 0.29) is 26.1 Å². The Balaban J connectivity index is 1.62. The summed E-state index contributed by atoms with van der Waals surface area (Å²) in [4.78, 5) is 69.4. The van der Waals surface area contributed by atoms with Gasteiger partial charge in [-0.15, -0.1) is 4.53 Å². The van der Waals surface area contributed by atoms with E-state index in [2.05, 4.69) is 4.53 Å². The molecule has 19 heteroatoms. The number of rotatable bonds is 7. The van der Waals surface area contributed by atoms with E-state index in [1.54, 1.807) is 16.4 Å². The van der Waals surface area contributed by atoms with Gasteiger partial charge in [0.2, 0.25) is 5.91 Å². The molecule has 3 unspecified atom stereocenters. The van der Waals surface area contributed by atoms with Crippen molar-refractivity contribution in [2.24, 2.45) is 16.0 Å². The standard InChI is InChI=1S/C16H25N9O8S2/c1-3-22-4-5-23(16(22)30)14(28)19-35(31,32)20-15(29)24-7-10(12(24)27)25-9(6-11(17)26)8-34(13(25)18)21-33-2/h8,10,13H,3-7,18H2,1-2H3,(H2,17,26)(H,19,28)(H,20,29). The third-order valence-electron chi connectivity index (χ3n) is 5.28. The van der Waals surface area contributed by atoms with Gasteiger partial charge in [-0.05, 0) is 17.6 Å². The van der Waals surface area contributed by atoms with E-state index in [1.807, 2.05) is 0 Å². The minimum Gasteiger partial charge on any atom is -0.369 e.